The third-order valence-electron chi connectivity index (χ3n) is 4.18. The number of aromatic nitrogens is 1. The molecule has 0 spiro atoms. The lowest BCUT2D eigenvalue weighted by atomic mass is 9.99. The highest BCUT2D eigenvalue weighted by Gasteiger charge is 2.13. The maximum atomic E-state index is 12.0. The summed E-state index contributed by atoms with van der Waals surface area (Å²) in [4.78, 5) is 27.7. The number of amides is 1. The molecule has 26 heavy (non-hydrogen) atoms. The highest BCUT2D eigenvalue weighted by molar-refractivity contribution is 7.99. The van der Waals surface area contributed by atoms with Gasteiger partial charge in [0.15, 0.2) is 0 Å². The zero-order valence-corrected chi connectivity index (χ0v) is 15.9. The predicted molar refractivity (Wildman–Crippen MR) is 104 cm³/mol. The summed E-state index contributed by atoms with van der Waals surface area (Å²) in [6, 6.07) is 12.1. The van der Waals surface area contributed by atoms with Crippen molar-refractivity contribution in [1.82, 2.24) is 10.3 Å². The van der Waals surface area contributed by atoms with Crippen LogP contribution in [0.5, 0.6) is 0 Å². The normalized spacial score (nSPS) is 10.3. The van der Waals surface area contributed by atoms with Gasteiger partial charge in [-0.05, 0) is 55.7 Å². The summed E-state index contributed by atoms with van der Waals surface area (Å²) in [5.41, 5.74) is 2.02. The number of nitrogens with zero attached hydrogens (tertiary/aromatic N) is 1. The minimum Gasteiger partial charge on any atom is -0.356 e. The molecule has 5 nitrogen and oxygen atoms in total. The van der Waals surface area contributed by atoms with Crippen molar-refractivity contribution >= 4 is 17.7 Å². The molecule has 0 atom stereocenters. The van der Waals surface area contributed by atoms with E-state index >= 15 is 0 Å². The van der Waals surface area contributed by atoms with Crippen molar-refractivity contribution in [2.45, 2.75) is 38.0 Å². The van der Waals surface area contributed by atoms with E-state index in [1.807, 2.05) is 24.3 Å². The molecule has 136 valence electrons. The van der Waals surface area contributed by atoms with Gasteiger partial charge >= 0.3 is 0 Å². The first-order valence-corrected chi connectivity index (χ1v) is 9.58. The number of thioether (sulfide) groups is 1. The fraction of sp³-hybridized carbons (Fsp3) is 0.350. The van der Waals surface area contributed by atoms with Crippen molar-refractivity contribution in [1.29, 1.82) is 5.26 Å². The number of aryl methyl sites for hydroxylation is 1. The molecule has 1 heterocycles. The van der Waals surface area contributed by atoms with E-state index in [0.717, 1.165) is 23.4 Å². The first-order valence-electron chi connectivity index (χ1n) is 8.60. The zero-order valence-electron chi connectivity index (χ0n) is 15.1. The van der Waals surface area contributed by atoms with Crippen LogP contribution in [-0.4, -0.2) is 23.2 Å². The van der Waals surface area contributed by atoms with Crippen LogP contribution in [0.2, 0.25) is 0 Å². The van der Waals surface area contributed by atoms with Gasteiger partial charge in [0.1, 0.15) is 11.6 Å². The number of nitriles is 1. The van der Waals surface area contributed by atoms with Crippen LogP contribution in [0.1, 0.15) is 35.2 Å². The van der Waals surface area contributed by atoms with E-state index < -0.39 is 0 Å². The van der Waals surface area contributed by atoms with Gasteiger partial charge in [-0.2, -0.15) is 5.26 Å². The Balaban J connectivity index is 1.76. The molecule has 0 fully saturated rings. The van der Waals surface area contributed by atoms with E-state index in [1.54, 1.807) is 25.6 Å². The lowest BCUT2D eigenvalue weighted by molar-refractivity contribution is -0.121. The summed E-state index contributed by atoms with van der Waals surface area (Å²) in [5, 5.41) is 12.0. The molecule has 1 aromatic heterocycles. The van der Waals surface area contributed by atoms with Crippen LogP contribution in [0.15, 0.2) is 40.0 Å². The Hall–Kier alpha value is -2.52. The van der Waals surface area contributed by atoms with E-state index in [9.17, 15) is 9.59 Å². The smallest absolute Gasteiger partial charge is 0.266 e. The van der Waals surface area contributed by atoms with Gasteiger partial charge in [-0.25, -0.2) is 0 Å². The molecule has 2 N–H and O–H groups in total. The van der Waals surface area contributed by atoms with Gasteiger partial charge in [-0.3, -0.25) is 9.59 Å². The van der Waals surface area contributed by atoms with E-state index in [1.165, 1.54) is 4.90 Å². The first-order chi connectivity index (χ1) is 12.5. The Kier molecular flexibility index (Phi) is 7.49. The molecule has 0 aliphatic carbocycles. The Morgan fingerprint density at radius 2 is 2.00 bits per heavy atom. The SMILES string of the molecule is Cc1[nH]c(=O)c(C#N)c(C)c1CCC(=O)NCCCSc1ccccc1. The average Bonchev–Trinajstić information content (AvgIpc) is 2.62. The van der Waals surface area contributed by atoms with Gasteiger partial charge in [0.05, 0.1) is 0 Å². The zero-order chi connectivity index (χ0) is 18.9. The molecule has 1 amide bonds. The first kappa shape index (κ1) is 19.8. The van der Waals surface area contributed by atoms with Crippen molar-refractivity contribution in [3.63, 3.8) is 0 Å². The highest BCUT2D eigenvalue weighted by atomic mass is 32.2. The van der Waals surface area contributed by atoms with E-state index in [4.69, 9.17) is 5.26 Å². The number of hydrogen-bond donors (Lipinski definition) is 2. The van der Waals surface area contributed by atoms with Crippen LogP contribution in [0, 0.1) is 25.2 Å². The van der Waals surface area contributed by atoms with Crippen LogP contribution in [0.3, 0.4) is 0 Å². The minimum absolute atomic E-state index is 0.0155. The van der Waals surface area contributed by atoms with Crippen molar-refractivity contribution in [3.8, 4) is 6.07 Å². The van der Waals surface area contributed by atoms with E-state index in [2.05, 4.69) is 22.4 Å². The predicted octanol–water partition coefficient (Wildman–Crippen LogP) is 3.09. The number of hydrogen-bond acceptors (Lipinski definition) is 4. The second kappa shape index (κ2) is 9.83. The second-order valence-electron chi connectivity index (χ2n) is 6.03. The van der Waals surface area contributed by atoms with Crippen molar-refractivity contribution in [2.24, 2.45) is 0 Å². The highest BCUT2D eigenvalue weighted by Crippen LogP contribution is 2.17. The van der Waals surface area contributed by atoms with Crippen molar-refractivity contribution < 1.29 is 4.79 Å². The molecule has 1 aromatic carbocycles. The average molecular weight is 369 g/mol. The lowest BCUT2D eigenvalue weighted by Crippen LogP contribution is -2.25. The summed E-state index contributed by atoms with van der Waals surface area (Å²) >= 11 is 1.78. The number of pyridine rings is 1. The number of benzene rings is 1. The van der Waals surface area contributed by atoms with Crippen LogP contribution < -0.4 is 10.9 Å². The lowest BCUT2D eigenvalue weighted by Gasteiger charge is -2.11. The summed E-state index contributed by atoms with van der Waals surface area (Å²) in [6.07, 6.45) is 1.75. The topological polar surface area (TPSA) is 85.8 Å². The molecular weight excluding hydrogens is 346 g/mol. The van der Waals surface area contributed by atoms with Gasteiger partial charge < -0.3 is 10.3 Å². The van der Waals surface area contributed by atoms with E-state index in [0.29, 0.717) is 24.9 Å². The number of aromatic amines is 1. The largest absolute Gasteiger partial charge is 0.356 e. The number of carbonyl (C=O) groups excluding carboxylic acids is 1. The summed E-state index contributed by atoms with van der Waals surface area (Å²) < 4.78 is 0. The summed E-state index contributed by atoms with van der Waals surface area (Å²) in [7, 11) is 0. The number of rotatable bonds is 8. The molecule has 2 aromatic rings. The van der Waals surface area contributed by atoms with Gasteiger partial charge in [-0.15, -0.1) is 11.8 Å². The standard InChI is InChI=1S/C20H23N3O2S/c1-14-17(15(2)23-20(25)18(14)13-21)9-10-19(24)22-11-6-12-26-16-7-4-3-5-8-16/h3-5,7-8H,6,9-12H2,1-2H3,(H,22,24)(H,23,25). The van der Waals surface area contributed by atoms with Crippen LogP contribution >= 0.6 is 11.8 Å². The van der Waals surface area contributed by atoms with E-state index in [-0.39, 0.29) is 17.0 Å². The van der Waals surface area contributed by atoms with Crippen molar-refractivity contribution in [3.05, 3.63) is 63.1 Å². The molecule has 0 aliphatic rings. The molecule has 0 aliphatic heterocycles. The Morgan fingerprint density at radius 3 is 2.69 bits per heavy atom. The summed E-state index contributed by atoms with van der Waals surface area (Å²) in [6.45, 7) is 4.20. The molecule has 0 saturated carbocycles. The fourth-order valence-corrected chi connectivity index (χ4v) is 3.63. The molecule has 0 unspecified atom stereocenters. The maximum Gasteiger partial charge on any atom is 0.266 e. The third kappa shape index (κ3) is 5.50. The van der Waals surface area contributed by atoms with Crippen LogP contribution in [0.4, 0.5) is 0 Å². The third-order valence-corrected chi connectivity index (χ3v) is 5.28. The van der Waals surface area contributed by atoms with Gasteiger partial charge in [0, 0.05) is 23.6 Å². The van der Waals surface area contributed by atoms with Gasteiger partial charge in [0.2, 0.25) is 5.91 Å². The minimum atomic E-state index is -0.369. The fourth-order valence-electron chi connectivity index (χ4n) is 2.75. The number of nitrogens with one attached hydrogen (secondary N) is 2. The monoisotopic (exact) mass is 369 g/mol. The molecular formula is C20H23N3O2S. The van der Waals surface area contributed by atoms with Crippen LogP contribution in [-0.2, 0) is 11.2 Å². The van der Waals surface area contributed by atoms with Gasteiger partial charge in [-0.1, -0.05) is 18.2 Å². The molecule has 6 heteroatoms. The molecule has 0 radical (unpaired) electrons. The van der Waals surface area contributed by atoms with Crippen molar-refractivity contribution in [2.75, 3.05) is 12.3 Å². The molecule has 2 rings (SSSR count). The number of carbonyl (C=O) groups is 1. The van der Waals surface area contributed by atoms with Gasteiger partial charge in [0.25, 0.3) is 5.56 Å². The Bertz CT molecular complexity index is 854. The molecule has 0 bridgehead atoms. The second-order valence-corrected chi connectivity index (χ2v) is 7.20. The maximum absolute atomic E-state index is 12.0. The summed E-state index contributed by atoms with van der Waals surface area (Å²) in [5.74, 6) is 0.937. The number of H-pyrrole nitrogens is 1. The Morgan fingerprint density at radius 1 is 1.27 bits per heavy atom. The van der Waals surface area contributed by atoms with Crippen LogP contribution in [0.25, 0.3) is 0 Å². The quantitative estimate of drug-likeness (QED) is 0.553. The Labute approximate surface area is 157 Å². The molecule has 0 saturated heterocycles.